The van der Waals surface area contributed by atoms with Gasteiger partial charge in [0.1, 0.15) is 6.61 Å². The Hall–Kier alpha value is -0.330. The first-order chi connectivity index (χ1) is 7.42. The second-order valence-electron chi connectivity index (χ2n) is 3.76. The predicted molar refractivity (Wildman–Crippen MR) is 55.3 cm³/mol. The molecule has 0 spiro atoms. The van der Waals surface area contributed by atoms with E-state index in [0.29, 0.717) is 13.0 Å². The van der Waals surface area contributed by atoms with Crippen LogP contribution in [0, 0.1) is 0 Å². The van der Waals surface area contributed by atoms with E-state index in [1.54, 1.807) is 6.92 Å². The third-order valence-corrected chi connectivity index (χ3v) is 1.88. The van der Waals surface area contributed by atoms with Crippen molar-refractivity contribution in [3.63, 3.8) is 0 Å². The van der Waals surface area contributed by atoms with Gasteiger partial charge in [0.2, 0.25) is 0 Å². The van der Waals surface area contributed by atoms with Crippen molar-refractivity contribution in [2.24, 2.45) is 0 Å². The molecule has 2 N–H and O–H groups in total. The monoisotopic (exact) mass is 243 g/mol. The highest BCUT2D eigenvalue weighted by atomic mass is 19.4. The van der Waals surface area contributed by atoms with Crippen LogP contribution in [0.5, 0.6) is 0 Å². The lowest BCUT2D eigenvalue weighted by Crippen LogP contribution is -2.21. The van der Waals surface area contributed by atoms with Gasteiger partial charge in [0.15, 0.2) is 0 Å². The van der Waals surface area contributed by atoms with Gasteiger partial charge in [-0.05, 0) is 39.3 Å². The van der Waals surface area contributed by atoms with Gasteiger partial charge in [0.25, 0.3) is 0 Å². The fourth-order valence-corrected chi connectivity index (χ4v) is 1.13. The van der Waals surface area contributed by atoms with Crippen molar-refractivity contribution in [2.75, 3.05) is 26.3 Å². The Labute approximate surface area is 94.0 Å². The van der Waals surface area contributed by atoms with Crippen molar-refractivity contribution >= 4 is 0 Å². The summed E-state index contributed by atoms with van der Waals surface area (Å²) >= 11 is 0. The third kappa shape index (κ3) is 13.7. The van der Waals surface area contributed by atoms with Crippen molar-refractivity contribution in [1.29, 1.82) is 0 Å². The minimum absolute atomic E-state index is 0.114. The Balaban J connectivity index is 3.05. The molecule has 0 aliphatic heterocycles. The van der Waals surface area contributed by atoms with Gasteiger partial charge in [-0.2, -0.15) is 13.2 Å². The molecule has 0 aliphatic rings. The predicted octanol–water partition coefficient (Wildman–Crippen LogP) is 1.71. The standard InChI is InChI=1S/C10H20F3NO2/c1-9(15)4-2-5-14-6-3-7-16-8-10(11,12)13/h9,14-15H,2-8H2,1H3. The minimum atomic E-state index is -4.23. The lowest BCUT2D eigenvalue weighted by molar-refractivity contribution is -0.173. The molecule has 0 saturated carbocycles. The van der Waals surface area contributed by atoms with E-state index in [9.17, 15) is 13.2 Å². The molecule has 1 atom stereocenters. The summed E-state index contributed by atoms with van der Waals surface area (Å²) in [5.74, 6) is 0. The number of aliphatic hydroxyl groups excluding tert-OH is 1. The second-order valence-corrected chi connectivity index (χ2v) is 3.76. The molecule has 0 radical (unpaired) electrons. The van der Waals surface area contributed by atoms with E-state index in [-0.39, 0.29) is 12.7 Å². The molecule has 0 fully saturated rings. The number of halogens is 3. The Morgan fingerprint density at radius 3 is 2.44 bits per heavy atom. The van der Waals surface area contributed by atoms with Crippen LogP contribution in [-0.2, 0) is 4.74 Å². The molecule has 0 amide bonds. The second kappa shape index (κ2) is 8.78. The molecule has 0 heterocycles. The van der Waals surface area contributed by atoms with Crippen molar-refractivity contribution in [1.82, 2.24) is 5.32 Å². The zero-order chi connectivity index (χ0) is 12.4. The zero-order valence-corrected chi connectivity index (χ0v) is 9.52. The van der Waals surface area contributed by atoms with Crippen LogP contribution in [0.15, 0.2) is 0 Å². The zero-order valence-electron chi connectivity index (χ0n) is 9.52. The molecule has 0 saturated heterocycles. The smallest absolute Gasteiger partial charge is 0.393 e. The molecular weight excluding hydrogens is 223 g/mol. The molecular formula is C10H20F3NO2. The van der Waals surface area contributed by atoms with Gasteiger partial charge in [-0.1, -0.05) is 0 Å². The highest BCUT2D eigenvalue weighted by Crippen LogP contribution is 2.14. The summed E-state index contributed by atoms with van der Waals surface area (Å²) in [4.78, 5) is 0. The van der Waals surface area contributed by atoms with Gasteiger partial charge in [-0.25, -0.2) is 0 Å². The maximum Gasteiger partial charge on any atom is 0.411 e. The summed E-state index contributed by atoms with van der Waals surface area (Å²) in [7, 11) is 0. The van der Waals surface area contributed by atoms with Crippen molar-refractivity contribution in [2.45, 2.75) is 38.5 Å². The largest absolute Gasteiger partial charge is 0.411 e. The average Bonchev–Trinajstić information content (AvgIpc) is 2.13. The summed E-state index contributed by atoms with van der Waals surface area (Å²) in [6.07, 6.45) is -2.37. The summed E-state index contributed by atoms with van der Waals surface area (Å²) in [5, 5.41) is 12.0. The van der Waals surface area contributed by atoms with Crippen LogP contribution in [0.25, 0.3) is 0 Å². The lowest BCUT2D eigenvalue weighted by Gasteiger charge is -2.08. The van der Waals surface area contributed by atoms with Crippen LogP contribution in [0.3, 0.4) is 0 Å². The molecule has 0 aliphatic carbocycles. The Kier molecular flexibility index (Phi) is 8.60. The number of aliphatic hydroxyl groups is 1. The van der Waals surface area contributed by atoms with Crippen LogP contribution >= 0.6 is 0 Å². The first kappa shape index (κ1) is 15.7. The summed E-state index contributed by atoms with van der Waals surface area (Å²) in [5.41, 5.74) is 0. The van der Waals surface area contributed by atoms with Gasteiger partial charge in [0.05, 0.1) is 6.10 Å². The maximum atomic E-state index is 11.6. The third-order valence-electron chi connectivity index (χ3n) is 1.88. The van der Waals surface area contributed by atoms with Gasteiger partial charge < -0.3 is 15.2 Å². The van der Waals surface area contributed by atoms with Gasteiger partial charge in [0, 0.05) is 6.61 Å². The number of ether oxygens (including phenoxy) is 1. The number of alkyl halides is 3. The minimum Gasteiger partial charge on any atom is -0.393 e. The molecule has 0 aromatic rings. The molecule has 1 unspecified atom stereocenters. The highest BCUT2D eigenvalue weighted by molar-refractivity contribution is 4.52. The van der Waals surface area contributed by atoms with Gasteiger partial charge >= 0.3 is 6.18 Å². The lowest BCUT2D eigenvalue weighted by atomic mass is 10.2. The SMILES string of the molecule is CC(O)CCCNCCCOCC(F)(F)F. The quantitative estimate of drug-likeness (QED) is 0.606. The Bertz CT molecular complexity index is 163. The molecule has 6 heteroatoms. The van der Waals surface area contributed by atoms with E-state index in [0.717, 1.165) is 19.4 Å². The number of rotatable bonds is 9. The van der Waals surface area contributed by atoms with Crippen molar-refractivity contribution in [3.8, 4) is 0 Å². The van der Waals surface area contributed by atoms with Crippen molar-refractivity contribution < 1.29 is 23.0 Å². The van der Waals surface area contributed by atoms with E-state index < -0.39 is 12.8 Å². The van der Waals surface area contributed by atoms with E-state index in [1.807, 2.05) is 0 Å². The molecule has 0 rings (SSSR count). The van der Waals surface area contributed by atoms with E-state index in [4.69, 9.17) is 5.11 Å². The van der Waals surface area contributed by atoms with Crippen LogP contribution < -0.4 is 5.32 Å². The van der Waals surface area contributed by atoms with E-state index in [2.05, 4.69) is 10.1 Å². The number of nitrogens with one attached hydrogen (secondary N) is 1. The van der Waals surface area contributed by atoms with Gasteiger partial charge in [-0.3, -0.25) is 0 Å². The number of hydrogen-bond acceptors (Lipinski definition) is 3. The average molecular weight is 243 g/mol. The van der Waals surface area contributed by atoms with Gasteiger partial charge in [-0.15, -0.1) is 0 Å². The van der Waals surface area contributed by atoms with Crippen molar-refractivity contribution in [3.05, 3.63) is 0 Å². The molecule has 16 heavy (non-hydrogen) atoms. The molecule has 0 bridgehead atoms. The Morgan fingerprint density at radius 1 is 1.25 bits per heavy atom. The summed E-state index contributed by atoms with van der Waals surface area (Å²) in [6, 6.07) is 0. The molecule has 0 aromatic carbocycles. The fraction of sp³-hybridized carbons (Fsp3) is 1.00. The summed E-state index contributed by atoms with van der Waals surface area (Å²) < 4.78 is 39.4. The fourth-order valence-electron chi connectivity index (χ4n) is 1.13. The maximum absolute atomic E-state index is 11.6. The normalized spacial score (nSPS) is 14.1. The molecule has 98 valence electrons. The van der Waals surface area contributed by atoms with E-state index in [1.165, 1.54) is 0 Å². The highest BCUT2D eigenvalue weighted by Gasteiger charge is 2.26. The van der Waals surface area contributed by atoms with Crippen LogP contribution in [0.4, 0.5) is 13.2 Å². The van der Waals surface area contributed by atoms with Crippen LogP contribution in [-0.4, -0.2) is 43.7 Å². The summed E-state index contributed by atoms with van der Waals surface area (Å²) in [6.45, 7) is 2.07. The first-order valence-electron chi connectivity index (χ1n) is 5.45. The molecule has 3 nitrogen and oxygen atoms in total. The Morgan fingerprint density at radius 2 is 1.88 bits per heavy atom. The van der Waals surface area contributed by atoms with Crippen LogP contribution in [0.2, 0.25) is 0 Å². The number of hydrogen-bond donors (Lipinski definition) is 2. The first-order valence-corrected chi connectivity index (χ1v) is 5.45. The van der Waals surface area contributed by atoms with Crippen LogP contribution in [0.1, 0.15) is 26.2 Å². The topological polar surface area (TPSA) is 41.5 Å². The van der Waals surface area contributed by atoms with E-state index >= 15 is 0 Å². The molecule has 0 aromatic heterocycles.